The number of hydrogen-bond donors (Lipinski definition) is 1. The van der Waals surface area contributed by atoms with Crippen molar-refractivity contribution in [2.45, 2.75) is 0 Å². The monoisotopic (exact) mass is 172 g/mol. The molecule has 0 radical (unpaired) electrons. The number of rotatable bonds is 0. The highest BCUT2D eigenvalue weighted by molar-refractivity contribution is 5.74. The number of allylic oxidation sites excluding steroid dienone is 1. The molecule has 2 aliphatic rings. The Hall–Kier alpha value is -1.70. The van der Waals surface area contributed by atoms with Crippen molar-refractivity contribution >= 4 is 17.9 Å². The van der Waals surface area contributed by atoms with E-state index in [2.05, 4.69) is 0 Å². The second-order valence-electron chi connectivity index (χ2n) is 3.17. The molecule has 0 saturated heterocycles. The molecule has 1 aliphatic heterocycles. The smallest absolute Gasteiger partial charge is 0.127 e. The lowest BCUT2D eigenvalue weighted by molar-refractivity contribution is 0.385. The fourth-order valence-corrected chi connectivity index (χ4v) is 1.82. The summed E-state index contributed by atoms with van der Waals surface area (Å²) in [5.74, 6) is 1.26. The molecule has 0 saturated carbocycles. The third kappa shape index (κ3) is 0.773. The van der Waals surface area contributed by atoms with Crippen molar-refractivity contribution < 1.29 is 9.84 Å². The summed E-state index contributed by atoms with van der Waals surface area (Å²) in [5, 5.41) is 11.7. The van der Waals surface area contributed by atoms with Gasteiger partial charge in [0.15, 0.2) is 0 Å². The molecule has 13 heavy (non-hydrogen) atoms. The molecule has 0 aromatic heterocycles. The van der Waals surface area contributed by atoms with Gasteiger partial charge in [-0.05, 0) is 35.6 Å². The third-order valence-corrected chi connectivity index (χ3v) is 2.46. The molecule has 0 spiro atoms. The molecule has 64 valence electrons. The SMILES string of the molecule is OC1=CC=c2c1ccc1c2=CCO1. The molecule has 1 aliphatic carbocycles. The maximum atomic E-state index is 9.49. The zero-order chi connectivity index (χ0) is 8.84. The molecule has 1 aromatic rings. The zero-order valence-corrected chi connectivity index (χ0v) is 6.95. The maximum absolute atomic E-state index is 9.49. The Bertz CT molecular complexity index is 524. The highest BCUT2D eigenvalue weighted by Gasteiger charge is 2.12. The Labute approximate surface area is 75.1 Å². The van der Waals surface area contributed by atoms with Gasteiger partial charge in [-0.1, -0.05) is 0 Å². The van der Waals surface area contributed by atoms with Crippen molar-refractivity contribution in [3.05, 3.63) is 34.2 Å². The van der Waals surface area contributed by atoms with Crippen LogP contribution in [0.5, 0.6) is 5.75 Å². The van der Waals surface area contributed by atoms with E-state index in [4.69, 9.17) is 4.74 Å². The standard InChI is InChI=1S/C11H8O2/c12-10-3-1-7-8(10)2-4-11-9(7)5-6-13-11/h1-5,12H,6H2. The normalized spacial score (nSPS) is 16.5. The van der Waals surface area contributed by atoms with Crippen LogP contribution in [0.3, 0.4) is 0 Å². The average Bonchev–Trinajstić information content (AvgIpc) is 2.70. The van der Waals surface area contributed by atoms with Crippen molar-refractivity contribution in [2.75, 3.05) is 6.61 Å². The molecule has 1 N–H and O–H groups in total. The average molecular weight is 172 g/mol. The Balaban J connectivity index is 2.47. The summed E-state index contributed by atoms with van der Waals surface area (Å²) in [6.45, 7) is 0.639. The lowest BCUT2D eigenvalue weighted by Crippen LogP contribution is -2.25. The number of hydrogen-bond acceptors (Lipinski definition) is 2. The van der Waals surface area contributed by atoms with E-state index in [9.17, 15) is 5.11 Å². The van der Waals surface area contributed by atoms with Crippen LogP contribution in [0.4, 0.5) is 0 Å². The van der Waals surface area contributed by atoms with Gasteiger partial charge in [-0.3, -0.25) is 0 Å². The number of benzene rings is 1. The van der Waals surface area contributed by atoms with Crippen LogP contribution in [-0.4, -0.2) is 11.7 Å². The van der Waals surface area contributed by atoms with E-state index >= 15 is 0 Å². The van der Waals surface area contributed by atoms with E-state index in [0.717, 1.165) is 21.8 Å². The fraction of sp³-hybridized carbons (Fsp3) is 0.0909. The predicted molar refractivity (Wildman–Crippen MR) is 50.7 cm³/mol. The van der Waals surface area contributed by atoms with E-state index in [0.29, 0.717) is 12.4 Å². The van der Waals surface area contributed by atoms with E-state index in [1.54, 1.807) is 6.08 Å². The van der Waals surface area contributed by atoms with E-state index in [1.165, 1.54) is 0 Å². The molecule has 3 rings (SSSR count). The minimum Gasteiger partial charge on any atom is -0.507 e. The Kier molecular flexibility index (Phi) is 1.13. The first-order valence-electron chi connectivity index (χ1n) is 4.23. The number of fused-ring (bicyclic) bond motifs is 3. The molecule has 2 nitrogen and oxygen atoms in total. The van der Waals surface area contributed by atoms with Crippen LogP contribution in [0.2, 0.25) is 0 Å². The van der Waals surface area contributed by atoms with Crippen LogP contribution >= 0.6 is 0 Å². The Morgan fingerprint density at radius 3 is 3.00 bits per heavy atom. The Morgan fingerprint density at radius 2 is 2.08 bits per heavy atom. The van der Waals surface area contributed by atoms with Gasteiger partial charge in [0.2, 0.25) is 0 Å². The second-order valence-corrected chi connectivity index (χ2v) is 3.17. The third-order valence-electron chi connectivity index (χ3n) is 2.46. The molecule has 1 heterocycles. The van der Waals surface area contributed by atoms with Crippen molar-refractivity contribution in [2.24, 2.45) is 0 Å². The first kappa shape index (κ1) is 6.78. The van der Waals surface area contributed by atoms with Crippen LogP contribution in [0.1, 0.15) is 5.56 Å². The lowest BCUT2D eigenvalue weighted by Gasteiger charge is -1.99. The van der Waals surface area contributed by atoms with Gasteiger partial charge in [0.1, 0.15) is 18.1 Å². The summed E-state index contributed by atoms with van der Waals surface area (Å²) < 4.78 is 5.38. The first-order valence-corrected chi connectivity index (χ1v) is 4.23. The second kappa shape index (κ2) is 2.16. The van der Waals surface area contributed by atoms with Crippen LogP contribution in [0.25, 0.3) is 17.9 Å². The van der Waals surface area contributed by atoms with Gasteiger partial charge in [0, 0.05) is 10.8 Å². The highest BCUT2D eigenvalue weighted by Crippen LogP contribution is 2.14. The van der Waals surface area contributed by atoms with Gasteiger partial charge in [-0.15, -0.1) is 0 Å². The summed E-state index contributed by atoms with van der Waals surface area (Å²) in [6.07, 6.45) is 5.68. The zero-order valence-electron chi connectivity index (χ0n) is 6.95. The van der Waals surface area contributed by atoms with E-state index in [1.807, 2.05) is 24.3 Å². The van der Waals surface area contributed by atoms with Crippen LogP contribution in [0.15, 0.2) is 18.2 Å². The molecule has 0 unspecified atom stereocenters. The highest BCUT2D eigenvalue weighted by atomic mass is 16.5. The van der Waals surface area contributed by atoms with Gasteiger partial charge in [-0.2, -0.15) is 0 Å². The molecule has 0 atom stereocenters. The minimum atomic E-state index is 0.345. The minimum absolute atomic E-state index is 0.345. The van der Waals surface area contributed by atoms with Crippen molar-refractivity contribution in [3.8, 4) is 5.75 Å². The summed E-state index contributed by atoms with van der Waals surface area (Å²) in [7, 11) is 0. The molecule has 0 fully saturated rings. The number of aliphatic hydroxyl groups excluding tert-OH is 1. The summed E-state index contributed by atoms with van der Waals surface area (Å²) in [5.41, 5.74) is 0.903. The van der Waals surface area contributed by atoms with Crippen LogP contribution < -0.4 is 15.2 Å². The van der Waals surface area contributed by atoms with Crippen LogP contribution in [0, 0.1) is 0 Å². The van der Waals surface area contributed by atoms with Crippen molar-refractivity contribution in [1.29, 1.82) is 0 Å². The van der Waals surface area contributed by atoms with Crippen molar-refractivity contribution in [3.63, 3.8) is 0 Å². The summed E-state index contributed by atoms with van der Waals surface area (Å²) >= 11 is 0. The Morgan fingerprint density at radius 1 is 1.15 bits per heavy atom. The fourth-order valence-electron chi connectivity index (χ4n) is 1.82. The number of ether oxygens (including phenoxy) is 1. The topological polar surface area (TPSA) is 29.5 Å². The van der Waals surface area contributed by atoms with Gasteiger partial charge in [0.25, 0.3) is 0 Å². The van der Waals surface area contributed by atoms with Gasteiger partial charge in [0.05, 0.1) is 0 Å². The molecular formula is C11H8O2. The van der Waals surface area contributed by atoms with E-state index in [-0.39, 0.29) is 0 Å². The van der Waals surface area contributed by atoms with Gasteiger partial charge < -0.3 is 9.84 Å². The lowest BCUT2D eigenvalue weighted by atomic mass is 10.1. The number of aliphatic hydroxyl groups is 1. The first-order chi connectivity index (χ1) is 6.36. The molecular weight excluding hydrogens is 164 g/mol. The summed E-state index contributed by atoms with van der Waals surface area (Å²) in [4.78, 5) is 0. The largest absolute Gasteiger partial charge is 0.507 e. The predicted octanol–water partition coefficient (Wildman–Crippen LogP) is 0.552. The van der Waals surface area contributed by atoms with E-state index < -0.39 is 0 Å². The van der Waals surface area contributed by atoms with Gasteiger partial charge in [-0.25, -0.2) is 0 Å². The quantitative estimate of drug-likeness (QED) is 0.619. The summed E-state index contributed by atoms with van der Waals surface area (Å²) in [6, 6.07) is 3.80. The van der Waals surface area contributed by atoms with Crippen molar-refractivity contribution in [1.82, 2.24) is 0 Å². The van der Waals surface area contributed by atoms with Gasteiger partial charge >= 0.3 is 0 Å². The molecule has 1 aromatic carbocycles. The maximum Gasteiger partial charge on any atom is 0.127 e. The molecule has 0 bridgehead atoms. The van der Waals surface area contributed by atoms with Crippen LogP contribution in [-0.2, 0) is 0 Å². The molecule has 2 heteroatoms. The molecule has 0 amide bonds.